The van der Waals surface area contributed by atoms with E-state index in [1.54, 1.807) is 19.9 Å². The van der Waals surface area contributed by atoms with Crippen molar-refractivity contribution in [2.75, 3.05) is 20.3 Å². The molecule has 0 aromatic rings. The molecule has 0 aliphatic rings. The summed E-state index contributed by atoms with van der Waals surface area (Å²) in [7, 11) is 1.37. The third kappa shape index (κ3) is 5.98. The van der Waals surface area contributed by atoms with Gasteiger partial charge >= 0.3 is 6.18 Å². The Hall–Kier alpha value is -1.20. The first kappa shape index (κ1) is 17.8. The van der Waals surface area contributed by atoms with Gasteiger partial charge in [-0.1, -0.05) is 19.1 Å². The molecule has 0 fully saturated rings. The predicted octanol–water partition coefficient (Wildman–Crippen LogP) is 3.63. The summed E-state index contributed by atoms with van der Waals surface area (Å²) in [5.74, 6) is 0. The summed E-state index contributed by atoms with van der Waals surface area (Å²) in [5, 5.41) is 2.33. The van der Waals surface area contributed by atoms with Crippen LogP contribution in [0.15, 0.2) is 24.0 Å². The van der Waals surface area contributed by atoms with E-state index >= 15 is 0 Å². The van der Waals surface area contributed by atoms with E-state index in [2.05, 4.69) is 5.32 Å². The second-order valence-electron chi connectivity index (χ2n) is 4.69. The highest BCUT2D eigenvalue weighted by atomic mass is 19.4. The summed E-state index contributed by atoms with van der Waals surface area (Å²) in [6.07, 6.45) is 0.625. The fourth-order valence-electron chi connectivity index (χ4n) is 1.42. The first-order chi connectivity index (χ1) is 8.66. The molecule has 19 heavy (non-hydrogen) atoms. The van der Waals surface area contributed by atoms with Gasteiger partial charge in [0.1, 0.15) is 12.4 Å². The lowest BCUT2D eigenvalue weighted by atomic mass is 10.0. The van der Waals surface area contributed by atoms with E-state index in [9.17, 15) is 17.6 Å². The first-order valence-electron chi connectivity index (χ1n) is 6.15. The molecule has 0 atom stereocenters. The van der Waals surface area contributed by atoms with Crippen LogP contribution in [0.4, 0.5) is 17.6 Å². The highest BCUT2D eigenvalue weighted by molar-refractivity contribution is 5.14. The van der Waals surface area contributed by atoms with Gasteiger partial charge in [-0.05, 0) is 20.3 Å². The van der Waals surface area contributed by atoms with Crippen molar-refractivity contribution < 1.29 is 17.6 Å². The monoisotopic (exact) mass is 282 g/mol. The van der Waals surface area contributed by atoms with Gasteiger partial charge in [0.05, 0.1) is 5.54 Å². The Kier molecular flexibility index (Phi) is 6.94. The molecule has 0 spiro atoms. The Labute approximate surface area is 112 Å². The molecule has 0 amide bonds. The van der Waals surface area contributed by atoms with E-state index in [0.717, 1.165) is 17.5 Å². The van der Waals surface area contributed by atoms with Crippen LogP contribution in [0.5, 0.6) is 0 Å². The zero-order valence-electron chi connectivity index (χ0n) is 11.8. The van der Waals surface area contributed by atoms with Crippen LogP contribution >= 0.6 is 0 Å². The van der Waals surface area contributed by atoms with E-state index in [4.69, 9.17) is 0 Å². The zero-order chi connectivity index (χ0) is 15.1. The van der Waals surface area contributed by atoms with E-state index in [1.165, 1.54) is 7.05 Å². The summed E-state index contributed by atoms with van der Waals surface area (Å²) < 4.78 is 50.9. The van der Waals surface area contributed by atoms with Crippen molar-refractivity contribution in [2.24, 2.45) is 0 Å². The molecule has 2 nitrogen and oxygen atoms in total. The summed E-state index contributed by atoms with van der Waals surface area (Å²) in [5.41, 5.74) is -1.61. The third-order valence-electron chi connectivity index (χ3n) is 2.76. The second-order valence-corrected chi connectivity index (χ2v) is 4.69. The lowest BCUT2D eigenvalue weighted by molar-refractivity contribution is -0.115. The lowest BCUT2D eigenvalue weighted by Gasteiger charge is -2.37. The molecule has 0 bridgehead atoms. The van der Waals surface area contributed by atoms with Gasteiger partial charge in [-0.25, -0.2) is 4.39 Å². The minimum absolute atomic E-state index is 0.140. The molecule has 0 aliphatic carbocycles. The fraction of sp³-hybridized carbons (Fsp3) is 0.692. The molecular formula is C13H22F4N2. The average Bonchev–Trinajstić information content (AvgIpc) is 2.30. The van der Waals surface area contributed by atoms with Crippen LogP contribution < -0.4 is 5.32 Å². The van der Waals surface area contributed by atoms with Crippen LogP contribution in [0.2, 0.25) is 0 Å². The summed E-state index contributed by atoms with van der Waals surface area (Å²) in [4.78, 5) is 1.13. The Bertz CT molecular complexity index is 319. The molecule has 0 aromatic carbocycles. The SMILES string of the molecule is CC/C=C\C(C)(C)N(C)/C(=C\NCCF)C(F)(F)F. The molecule has 0 radical (unpaired) electrons. The van der Waals surface area contributed by atoms with Crippen molar-refractivity contribution in [3.63, 3.8) is 0 Å². The molecule has 1 N–H and O–H groups in total. The Morgan fingerprint density at radius 3 is 2.26 bits per heavy atom. The number of nitrogens with zero attached hydrogens (tertiary/aromatic N) is 1. The van der Waals surface area contributed by atoms with Gasteiger partial charge in [-0.2, -0.15) is 13.2 Å². The van der Waals surface area contributed by atoms with Gasteiger partial charge in [-0.3, -0.25) is 0 Å². The maximum absolute atomic E-state index is 13.0. The van der Waals surface area contributed by atoms with Gasteiger partial charge in [0.25, 0.3) is 0 Å². The quantitative estimate of drug-likeness (QED) is 0.436. The van der Waals surface area contributed by atoms with Crippen LogP contribution in [0.1, 0.15) is 27.2 Å². The number of nitrogens with one attached hydrogen (secondary N) is 1. The number of hydrogen-bond acceptors (Lipinski definition) is 2. The lowest BCUT2D eigenvalue weighted by Crippen LogP contribution is -2.43. The van der Waals surface area contributed by atoms with Gasteiger partial charge < -0.3 is 10.2 Å². The van der Waals surface area contributed by atoms with E-state index in [-0.39, 0.29) is 6.54 Å². The molecule has 0 saturated carbocycles. The number of allylic oxidation sites excluding steroid dienone is 2. The highest BCUT2D eigenvalue weighted by Crippen LogP contribution is 2.32. The largest absolute Gasteiger partial charge is 0.432 e. The van der Waals surface area contributed by atoms with Crippen LogP contribution in [0, 0.1) is 0 Å². The Balaban J connectivity index is 5.16. The molecule has 112 valence electrons. The van der Waals surface area contributed by atoms with Crippen LogP contribution in [0.25, 0.3) is 0 Å². The minimum atomic E-state index is -4.49. The number of likely N-dealkylation sites (N-methyl/N-ethyl adjacent to an activating group) is 1. The summed E-state index contributed by atoms with van der Waals surface area (Å²) in [6.45, 7) is 4.43. The molecule has 0 heterocycles. The molecular weight excluding hydrogens is 260 g/mol. The number of rotatable bonds is 7. The summed E-state index contributed by atoms with van der Waals surface area (Å²) in [6, 6.07) is 0. The Morgan fingerprint density at radius 1 is 1.26 bits per heavy atom. The molecule has 0 aliphatic heterocycles. The van der Waals surface area contributed by atoms with Crippen LogP contribution in [-0.4, -0.2) is 36.9 Å². The van der Waals surface area contributed by atoms with Crippen molar-refractivity contribution in [2.45, 2.75) is 38.9 Å². The molecule has 0 unspecified atom stereocenters. The third-order valence-corrected chi connectivity index (χ3v) is 2.76. The van der Waals surface area contributed by atoms with E-state index < -0.39 is 24.1 Å². The maximum atomic E-state index is 13.0. The van der Waals surface area contributed by atoms with E-state index in [0.29, 0.717) is 0 Å². The zero-order valence-corrected chi connectivity index (χ0v) is 11.8. The number of hydrogen-bond donors (Lipinski definition) is 1. The average molecular weight is 282 g/mol. The maximum Gasteiger partial charge on any atom is 0.432 e. The van der Waals surface area contributed by atoms with Crippen LogP contribution in [0.3, 0.4) is 0 Å². The fourth-order valence-corrected chi connectivity index (χ4v) is 1.42. The van der Waals surface area contributed by atoms with Gasteiger partial charge in [0.2, 0.25) is 0 Å². The standard InChI is InChI=1S/C13H22F4N2/c1-5-6-7-12(2,3)19(4)11(13(15,16)17)10-18-9-8-14/h6-7,10,18H,5,8-9H2,1-4H3/b7-6-,11-10-. The van der Waals surface area contributed by atoms with Crippen molar-refractivity contribution in [3.8, 4) is 0 Å². The van der Waals surface area contributed by atoms with Crippen LogP contribution in [-0.2, 0) is 0 Å². The van der Waals surface area contributed by atoms with Crippen molar-refractivity contribution >= 4 is 0 Å². The number of alkyl halides is 4. The summed E-state index contributed by atoms with van der Waals surface area (Å²) >= 11 is 0. The topological polar surface area (TPSA) is 15.3 Å². The van der Waals surface area contributed by atoms with Crippen molar-refractivity contribution in [1.29, 1.82) is 0 Å². The predicted molar refractivity (Wildman–Crippen MR) is 69.4 cm³/mol. The van der Waals surface area contributed by atoms with E-state index in [1.807, 2.05) is 13.0 Å². The second kappa shape index (κ2) is 7.40. The molecule has 6 heteroatoms. The molecule has 0 rings (SSSR count). The molecule has 0 aromatic heterocycles. The first-order valence-corrected chi connectivity index (χ1v) is 6.15. The van der Waals surface area contributed by atoms with Gasteiger partial charge in [0.15, 0.2) is 0 Å². The number of halogens is 4. The van der Waals surface area contributed by atoms with Gasteiger partial charge in [-0.15, -0.1) is 0 Å². The highest BCUT2D eigenvalue weighted by Gasteiger charge is 2.40. The minimum Gasteiger partial charge on any atom is -0.387 e. The van der Waals surface area contributed by atoms with Gasteiger partial charge in [0, 0.05) is 19.8 Å². The van der Waals surface area contributed by atoms with Crippen molar-refractivity contribution in [3.05, 3.63) is 24.0 Å². The smallest absolute Gasteiger partial charge is 0.387 e. The normalized spacial score (nSPS) is 14.0. The molecule has 0 saturated heterocycles. The Morgan fingerprint density at radius 2 is 1.84 bits per heavy atom. The van der Waals surface area contributed by atoms with Crippen molar-refractivity contribution in [1.82, 2.24) is 10.2 Å².